The van der Waals surface area contributed by atoms with Gasteiger partial charge in [-0.05, 0) is 48.0 Å². The molecular formula is C19H16FNO4. The number of anilines is 1. The lowest BCUT2D eigenvalue weighted by atomic mass is 10.1. The fourth-order valence-corrected chi connectivity index (χ4v) is 1.99. The number of amides is 1. The monoisotopic (exact) mass is 341 g/mol. The third kappa shape index (κ3) is 6.02. The molecule has 2 aromatic carbocycles. The minimum absolute atomic E-state index is 0.210. The fraction of sp³-hybridized carbons (Fsp3) is 0.105. The molecule has 0 fully saturated rings. The lowest BCUT2D eigenvalue weighted by Gasteiger charge is -2.04. The number of halogens is 1. The number of benzene rings is 2. The summed E-state index contributed by atoms with van der Waals surface area (Å²) in [5.74, 6) is -1.69. The van der Waals surface area contributed by atoms with Crippen LogP contribution in [0.5, 0.6) is 0 Å². The second-order valence-corrected chi connectivity index (χ2v) is 5.18. The summed E-state index contributed by atoms with van der Waals surface area (Å²) >= 11 is 0. The molecule has 0 aromatic heterocycles. The number of esters is 1. The average molecular weight is 341 g/mol. The number of Topliss-reactive ketones (excluding diaryl/α,β-unsaturated/α-hetero) is 1. The van der Waals surface area contributed by atoms with Crippen molar-refractivity contribution in [1.29, 1.82) is 0 Å². The van der Waals surface area contributed by atoms with Gasteiger partial charge < -0.3 is 10.1 Å². The SMILES string of the molecule is CC(=O)Nc1ccc(C(=O)COC(=O)/C=C/c2cccc(F)c2)cc1. The molecule has 0 saturated carbocycles. The Morgan fingerprint density at radius 1 is 1.12 bits per heavy atom. The molecule has 25 heavy (non-hydrogen) atoms. The van der Waals surface area contributed by atoms with E-state index in [0.717, 1.165) is 6.08 Å². The molecule has 0 bridgehead atoms. The van der Waals surface area contributed by atoms with Crippen molar-refractivity contribution in [3.8, 4) is 0 Å². The van der Waals surface area contributed by atoms with Crippen molar-refractivity contribution in [1.82, 2.24) is 0 Å². The van der Waals surface area contributed by atoms with E-state index >= 15 is 0 Å². The number of hydrogen-bond acceptors (Lipinski definition) is 4. The molecule has 1 amide bonds. The third-order valence-electron chi connectivity index (χ3n) is 3.13. The van der Waals surface area contributed by atoms with E-state index in [-0.39, 0.29) is 11.7 Å². The Morgan fingerprint density at radius 2 is 1.84 bits per heavy atom. The summed E-state index contributed by atoms with van der Waals surface area (Å²) in [6.45, 7) is 0.974. The molecule has 0 atom stereocenters. The first-order chi connectivity index (χ1) is 11.9. The average Bonchev–Trinajstić information content (AvgIpc) is 2.58. The van der Waals surface area contributed by atoms with Crippen LogP contribution in [-0.4, -0.2) is 24.3 Å². The molecule has 0 radical (unpaired) electrons. The van der Waals surface area contributed by atoms with Gasteiger partial charge in [-0.3, -0.25) is 9.59 Å². The number of carbonyl (C=O) groups excluding carboxylic acids is 3. The number of rotatable bonds is 6. The Balaban J connectivity index is 1.86. The van der Waals surface area contributed by atoms with Crippen molar-refractivity contribution < 1.29 is 23.5 Å². The highest BCUT2D eigenvalue weighted by Crippen LogP contribution is 2.10. The van der Waals surface area contributed by atoms with E-state index in [0.29, 0.717) is 16.8 Å². The second kappa shape index (κ2) is 8.54. The van der Waals surface area contributed by atoms with E-state index in [2.05, 4.69) is 5.32 Å². The molecule has 2 rings (SSSR count). The van der Waals surface area contributed by atoms with Crippen LogP contribution in [0.2, 0.25) is 0 Å². The summed E-state index contributed by atoms with van der Waals surface area (Å²) in [6.07, 6.45) is 2.53. The molecule has 128 valence electrons. The number of ketones is 1. The molecule has 0 spiro atoms. The summed E-state index contributed by atoms with van der Waals surface area (Å²) in [6, 6.07) is 12.0. The molecule has 2 aromatic rings. The summed E-state index contributed by atoms with van der Waals surface area (Å²) in [7, 11) is 0. The highest BCUT2D eigenvalue weighted by atomic mass is 19.1. The van der Waals surface area contributed by atoms with Gasteiger partial charge in [0.15, 0.2) is 12.4 Å². The summed E-state index contributed by atoms with van der Waals surface area (Å²) in [4.78, 5) is 34.5. The minimum atomic E-state index is -0.701. The predicted octanol–water partition coefficient (Wildman–Crippen LogP) is 3.22. The van der Waals surface area contributed by atoms with E-state index in [1.54, 1.807) is 18.2 Å². The van der Waals surface area contributed by atoms with Crippen LogP contribution in [0.3, 0.4) is 0 Å². The zero-order chi connectivity index (χ0) is 18.2. The Hall–Kier alpha value is -3.28. The van der Waals surface area contributed by atoms with Crippen molar-refractivity contribution >= 4 is 29.4 Å². The van der Waals surface area contributed by atoms with Crippen LogP contribution in [0.1, 0.15) is 22.8 Å². The minimum Gasteiger partial charge on any atom is -0.454 e. The molecule has 0 heterocycles. The highest BCUT2D eigenvalue weighted by molar-refractivity contribution is 5.99. The van der Waals surface area contributed by atoms with Gasteiger partial charge in [-0.2, -0.15) is 0 Å². The Morgan fingerprint density at radius 3 is 2.48 bits per heavy atom. The van der Waals surface area contributed by atoms with E-state index in [1.807, 2.05) is 0 Å². The topological polar surface area (TPSA) is 72.5 Å². The van der Waals surface area contributed by atoms with Gasteiger partial charge in [-0.25, -0.2) is 9.18 Å². The maximum Gasteiger partial charge on any atom is 0.331 e. The lowest BCUT2D eigenvalue weighted by molar-refractivity contribution is -0.136. The van der Waals surface area contributed by atoms with Gasteiger partial charge in [0.05, 0.1) is 0 Å². The van der Waals surface area contributed by atoms with E-state index in [9.17, 15) is 18.8 Å². The fourth-order valence-electron chi connectivity index (χ4n) is 1.99. The molecule has 0 saturated heterocycles. The van der Waals surface area contributed by atoms with Crippen molar-refractivity contribution in [2.24, 2.45) is 0 Å². The number of ether oxygens (including phenoxy) is 1. The van der Waals surface area contributed by atoms with Crippen LogP contribution in [0.15, 0.2) is 54.6 Å². The van der Waals surface area contributed by atoms with E-state index in [4.69, 9.17) is 4.74 Å². The van der Waals surface area contributed by atoms with Gasteiger partial charge >= 0.3 is 5.97 Å². The Bertz CT molecular complexity index is 812. The van der Waals surface area contributed by atoms with Crippen molar-refractivity contribution in [2.75, 3.05) is 11.9 Å². The molecule has 0 aliphatic carbocycles. The van der Waals surface area contributed by atoms with Crippen LogP contribution in [-0.2, 0) is 14.3 Å². The maximum atomic E-state index is 13.0. The number of hydrogen-bond donors (Lipinski definition) is 1. The first kappa shape index (κ1) is 18.1. The summed E-state index contributed by atoms with van der Waals surface area (Å²) < 4.78 is 17.9. The largest absolute Gasteiger partial charge is 0.454 e. The molecule has 0 aliphatic rings. The lowest BCUT2D eigenvalue weighted by Crippen LogP contribution is -2.13. The van der Waals surface area contributed by atoms with Gasteiger partial charge in [0.25, 0.3) is 0 Å². The van der Waals surface area contributed by atoms with Crippen LogP contribution in [0.25, 0.3) is 6.08 Å². The van der Waals surface area contributed by atoms with Crippen molar-refractivity contribution in [2.45, 2.75) is 6.92 Å². The molecule has 1 N–H and O–H groups in total. The molecular weight excluding hydrogens is 325 g/mol. The number of nitrogens with one attached hydrogen (secondary N) is 1. The van der Waals surface area contributed by atoms with Gasteiger partial charge in [-0.15, -0.1) is 0 Å². The van der Waals surface area contributed by atoms with Crippen molar-refractivity contribution in [3.05, 3.63) is 71.6 Å². The number of carbonyl (C=O) groups is 3. The maximum absolute atomic E-state index is 13.0. The molecule has 6 heteroatoms. The van der Waals surface area contributed by atoms with Gasteiger partial charge in [-0.1, -0.05) is 12.1 Å². The van der Waals surface area contributed by atoms with Gasteiger partial charge in [0.2, 0.25) is 5.91 Å². The quantitative estimate of drug-likeness (QED) is 0.497. The predicted molar refractivity (Wildman–Crippen MR) is 91.5 cm³/mol. The van der Waals surface area contributed by atoms with Crippen LogP contribution < -0.4 is 5.32 Å². The van der Waals surface area contributed by atoms with Crippen LogP contribution in [0.4, 0.5) is 10.1 Å². The van der Waals surface area contributed by atoms with Gasteiger partial charge in [0, 0.05) is 24.3 Å². The summed E-state index contributed by atoms with van der Waals surface area (Å²) in [5.41, 5.74) is 1.44. The smallest absolute Gasteiger partial charge is 0.331 e. The van der Waals surface area contributed by atoms with Crippen molar-refractivity contribution in [3.63, 3.8) is 0 Å². The second-order valence-electron chi connectivity index (χ2n) is 5.18. The van der Waals surface area contributed by atoms with Gasteiger partial charge in [0.1, 0.15) is 5.82 Å². The summed E-state index contributed by atoms with van der Waals surface area (Å²) in [5, 5.41) is 2.59. The normalized spacial score (nSPS) is 10.5. The standard InChI is InChI=1S/C19H16FNO4/c1-13(22)21-17-8-6-15(7-9-17)18(23)12-25-19(24)10-5-14-3-2-4-16(20)11-14/h2-11H,12H2,1H3,(H,21,22)/b10-5+. The van der Waals surface area contributed by atoms with E-state index in [1.165, 1.54) is 43.3 Å². The molecule has 5 nitrogen and oxygen atoms in total. The molecule has 0 unspecified atom stereocenters. The molecule has 0 aliphatic heterocycles. The zero-order valence-electron chi connectivity index (χ0n) is 13.5. The highest BCUT2D eigenvalue weighted by Gasteiger charge is 2.08. The third-order valence-corrected chi connectivity index (χ3v) is 3.13. The first-order valence-electron chi connectivity index (χ1n) is 7.45. The zero-order valence-corrected chi connectivity index (χ0v) is 13.5. The van der Waals surface area contributed by atoms with Crippen LogP contribution >= 0.6 is 0 Å². The van der Waals surface area contributed by atoms with E-state index < -0.39 is 18.4 Å². The Labute approximate surface area is 144 Å². The van der Waals surface area contributed by atoms with Crippen LogP contribution in [0, 0.1) is 5.82 Å². The Kier molecular flexibility index (Phi) is 6.17. The first-order valence-corrected chi connectivity index (χ1v) is 7.45.